The molecule has 4 heteroatoms. The summed E-state index contributed by atoms with van der Waals surface area (Å²) < 4.78 is 17.0. The lowest BCUT2D eigenvalue weighted by molar-refractivity contribution is -0.182. The van der Waals surface area contributed by atoms with Crippen LogP contribution in [-0.2, 0) is 19.0 Å². The highest BCUT2D eigenvalue weighted by Gasteiger charge is 2.14. The first kappa shape index (κ1) is 39.4. The van der Waals surface area contributed by atoms with Gasteiger partial charge < -0.3 is 14.2 Å². The highest BCUT2D eigenvalue weighted by Crippen LogP contribution is 2.16. The molecule has 0 aliphatic rings. The summed E-state index contributed by atoms with van der Waals surface area (Å²) in [4.78, 5) is 12.3. The lowest BCUT2D eigenvalue weighted by atomic mass is 10.0. The van der Waals surface area contributed by atoms with E-state index in [9.17, 15) is 4.79 Å². The van der Waals surface area contributed by atoms with E-state index in [-0.39, 0.29) is 5.97 Å². The Morgan fingerprint density at radius 1 is 0.450 bits per heavy atom. The molecule has 0 amide bonds. The van der Waals surface area contributed by atoms with E-state index in [0.29, 0.717) is 26.1 Å². The van der Waals surface area contributed by atoms with Crippen LogP contribution in [0.2, 0.25) is 0 Å². The van der Waals surface area contributed by atoms with Crippen LogP contribution in [0, 0.1) is 0 Å². The summed E-state index contributed by atoms with van der Waals surface area (Å²) in [5, 5.41) is 0. The maximum atomic E-state index is 12.3. The number of carbonyl (C=O) groups is 1. The quantitative estimate of drug-likeness (QED) is 0.0440. The number of rotatable bonds is 34. The molecule has 0 saturated heterocycles. The topological polar surface area (TPSA) is 44.8 Å². The average molecular weight is 569 g/mol. The van der Waals surface area contributed by atoms with Crippen molar-refractivity contribution < 1.29 is 19.0 Å². The Balaban J connectivity index is 3.44. The SMILES string of the molecule is CCCCCCCCCCCCCCCCCCCCCCCCC(=O)OC(CCOCCCC)OCCCC. The zero-order valence-electron chi connectivity index (χ0n) is 27.6. The molecule has 0 heterocycles. The van der Waals surface area contributed by atoms with Gasteiger partial charge in [-0.3, -0.25) is 4.79 Å². The van der Waals surface area contributed by atoms with Gasteiger partial charge in [0, 0.05) is 19.4 Å². The fourth-order valence-corrected chi connectivity index (χ4v) is 5.15. The van der Waals surface area contributed by atoms with Gasteiger partial charge in [0.1, 0.15) is 0 Å². The summed E-state index contributed by atoms with van der Waals surface area (Å²) in [6, 6.07) is 0. The summed E-state index contributed by atoms with van der Waals surface area (Å²) in [7, 11) is 0. The van der Waals surface area contributed by atoms with Crippen molar-refractivity contribution in [2.75, 3.05) is 19.8 Å². The maximum absolute atomic E-state index is 12.3. The fraction of sp³-hybridized carbons (Fsp3) is 0.972. The number of unbranched alkanes of at least 4 members (excludes halogenated alkanes) is 23. The van der Waals surface area contributed by atoms with Crippen LogP contribution in [0.25, 0.3) is 0 Å². The van der Waals surface area contributed by atoms with E-state index < -0.39 is 6.29 Å². The van der Waals surface area contributed by atoms with E-state index in [1.807, 2.05) is 0 Å². The third-order valence-electron chi connectivity index (χ3n) is 7.94. The maximum Gasteiger partial charge on any atom is 0.308 e. The number of carbonyl (C=O) groups excluding carboxylic acids is 1. The molecule has 1 atom stereocenters. The largest absolute Gasteiger partial charge is 0.436 e. The first-order chi connectivity index (χ1) is 19.7. The molecule has 4 nitrogen and oxygen atoms in total. The van der Waals surface area contributed by atoms with Crippen molar-refractivity contribution in [3.63, 3.8) is 0 Å². The van der Waals surface area contributed by atoms with Gasteiger partial charge in [-0.25, -0.2) is 0 Å². The van der Waals surface area contributed by atoms with Gasteiger partial charge in [-0.05, 0) is 19.3 Å². The zero-order chi connectivity index (χ0) is 29.2. The van der Waals surface area contributed by atoms with E-state index in [1.165, 1.54) is 128 Å². The molecule has 40 heavy (non-hydrogen) atoms. The van der Waals surface area contributed by atoms with Gasteiger partial charge in [0.25, 0.3) is 0 Å². The molecule has 0 aromatic carbocycles. The van der Waals surface area contributed by atoms with E-state index in [1.54, 1.807) is 0 Å². The Hall–Kier alpha value is -0.610. The van der Waals surface area contributed by atoms with Crippen LogP contribution in [0.4, 0.5) is 0 Å². The first-order valence-electron chi connectivity index (χ1n) is 18.1. The second kappa shape index (κ2) is 34.6. The lowest BCUT2D eigenvalue weighted by Crippen LogP contribution is -2.24. The summed E-state index contributed by atoms with van der Waals surface area (Å²) in [6.07, 6.45) is 35.2. The number of ether oxygens (including phenoxy) is 3. The summed E-state index contributed by atoms with van der Waals surface area (Å²) in [6.45, 7) is 8.59. The highest BCUT2D eigenvalue weighted by molar-refractivity contribution is 5.69. The number of esters is 1. The summed E-state index contributed by atoms with van der Waals surface area (Å²) >= 11 is 0. The van der Waals surface area contributed by atoms with Crippen LogP contribution in [0.3, 0.4) is 0 Å². The van der Waals surface area contributed by atoms with Gasteiger partial charge in [0.15, 0.2) is 0 Å². The van der Waals surface area contributed by atoms with Crippen LogP contribution in [0.5, 0.6) is 0 Å². The number of hydrogen-bond acceptors (Lipinski definition) is 4. The van der Waals surface area contributed by atoms with Crippen LogP contribution in [0.15, 0.2) is 0 Å². The van der Waals surface area contributed by atoms with Crippen molar-refractivity contribution in [1.29, 1.82) is 0 Å². The molecule has 0 radical (unpaired) electrons. The van der Waals surface area contributed by atoms with Crippen molar-refractivity contribution in [1.82, 2.24) is 0 Å². The predicted molar refractivity (Wildman–Crippen MR) is 173 cm³/mol. The van der Waals surface area contributed by atoms with Crippen LogP contribution in [-0.4, -0.2) is 32.1 Å². The average Bonchev–Trinajstić information content (AvgIpc) is 2.95. The molecule has 0 spiro atoms. The smallest absolute Gasteiger partial charge is 0.308 e. The van der Waals surface area contributed by atoms with Crippen molar-refractivity contribution in [2.45, 2.75) is 207 Å². The molecule has 0 rings (SSSR count). The summed E-state index contributed by atoms with van der Waals surface area (Å²) in [5.74, 6) is -0.122. The number of hydrogen-bond donors (Lipinski definition) is 0. The Labute approximate surface area is 251 Å². The molecule has 0 N–H and O–H groups in total. The van der Waals surface area contributed by atoms with E-state index >= 15 is 0 Å². The molecule has 0 aliphatic carbocycles. The molecule has 240 valence electrons. The van der Waals surface area contributed by atoms with Crippen LogP contribution < -0.4 is 0 Å². The molecule has 0 aromatic rings. The Kier molecular flexibility index (Phi) is 34.1. The Bertz CT molecular complexity index is 481. The highest BCUT2D eigenvalue weighted by atomic mass is 16.7. The van der Waals surface area contributed by atoms with Gasteiger partial charge in [-0.2, -0.15) is 0 Å². The van der Waals surface area contributed by atoms with E-state index in [2.05, 4.69) is 20.8 Å². The minimum Gasteiger partial charge on any atom is -0.436 e. The molecule has 0 bridgehead atoms. The lowest BCUT2D eigenvalue weighted by Gasteiger charge is -2.18. The van der Waals surface area contributed by atoms with Crippen LogP contribution >= 0.6 is 0 Å². The van der Waals surface area contributed by atoms with Gasteiger partial charge in [-0.15, -0.1) is 0 Å². The molecule has 0 aromatic heterocycles. The second-order valence-electron chi connectivity index (χ2n) is 12.1. The molecule has 0 saturated carbocycles. The first-order valence-corrected chi connectivity index (χ1v) is 18.1. The van der Waals surface area contributed by atoms with E-state index in [0.717, 1.165) is 45.1 Å². The molecule has 0 fully saturated rings. The van der Waals surface area contributed by atoms with Gasteiger partial charge in [0.2, 0.25) is 6.29 Å². The Morgan fingerprint density at radius 2 is 0.825 bits per heavy atom. The van der Waals surface area contributed by atoms with Gasteiger partial charge in [-0.1, -0.05) is 168 Å². The molecule has 0 aliphatic heterocycles. The fourth-order valence-electron chi connectivity index (χ4n) is 5.15. The monoisotopic (exact) mass is 569 g/mol. The van der Waals surface area contributed by atoms with Crippen molar-refractivity contribution in [2.24, 2.45) is 0 Å². The van der Waals surface area contributed by atoms with Crippen molar-refractivity contribution >= 4 is 5.97 Å². The van der Waals surface area contributed by atoms with Gasteiger partial charge in [0.05, 0.1) is 13.2 Å². The molecular weight excluding hydrogens is 496 g/mol. The minimum absolute atomic E-state index is 0.122. The minimum atomic E-state index is -0.458. The molecule has 1 unspecified atom stereocenters. The third-order valence-corrected chi connectivity index (χ3v) is 7.94. The van der Waals surface area contributed by atoms with Crippen molar-refractivity contribution in [3.8, 4) is 0 Å². The van der Waals surface area contributed by atoms with Gasteiger partial charge >= 0.3 is 5.97 Å². The predicted octanol–water partition coefficient (Wildman–Crippen LogP) is 11.9. The standard InChI is InChI=1S/C36H72O4/c1-4-7-10-11-12-13-14-15-16-17-18-19-20-21-22-23-24-25-26-27-28-29-30-35(37)40-36(39-33-9-6-3)31-34-38-32-8-5-2/h36H,4-34H2,1-3H3. The molecular formula is C36H72O4. The van der Waals surface area contributed by atoms with Crippen molar-refractivity contribution in [3.05, 3.63) is 0 Å². The Morgan fingerprint density at radius 3 is 1.25 bits per heavy atom. The van der Waals surface area contributed by atoms with Crippen LogP contribution in [0.1, 0.15) is 201 Å². The second-order valence-corrected chi connectivity index (χ2v) is 12.1. The normalized spacial score (nSPS) is 12.2. The van der Waals surface area contributed by atoms with E-state index in [4.69, 9.17) is 14.2 Å². The summed E-state index contributed by atoms with van der Waals surface area (Å²) in [5.41, 5.74) is 0. The third kappa shape index (κ3) is 31.9. The zero-order valence-corrected chi connectivity index (χ0v) is 27.6.